The number of ether oxygens (including phenoxy) is 1. The van der Waals surface area contributed by atoms with Crippen molar-refractivity contribution in [3.8, 4) is 5.75 Å². The molecule has 4 rings (SSSR count). The molecule has 0 spiro atoms. The van der Waals surface area contributed by atoms with Crippen molar-refractivity contribution in [3.05, 3.63) is 100 Å². The van der Waals surface area contributed by atoms with E-state index in [0.717, 1.165) is 21.6 Å². The average molecular weight is 414 g/mol. The van der Waals surface area contributed by atoms with Crippen LogP contribution in [0.2, 0.25) is 0 Å². The Morgan fingerprint density at radius 3 is 2.45 bits per heavy atom. The maximum Gasteiger partial charge on any atom is 0.278 e. The zero-order chi connectivity index (χ0) is 21.5. The standard InChI is InChI=1S/C24H22N4O3/c29-23(16-28-24(30)21-8-4-5-9-22(21)26-27-28)25-15-14-18-10-12-20(13-11-18)31-17-19-6-2-1-3-7-19/h1-13H,14-17H2,(H,25,29). The summed E-state index contributed by atoms with van der Waals surface area (Å²) < 4.78 is 6.86. The molecule has 156 valence electrons. The summed E-state index contributed by atoms with van der Waals surface area (Å²) in [6.07, 6.45) is 0.670. The van der Waals surface area contributed by atoms with Gasteiger partial charge in [0, 0.05) is 6.54 Å². The molecule has 3 aromatic carbocycles. The average Bonchev–Trinajstić information content (AvgIpc) is 2.81. The van der Waals surface area contributed by atoms with Crippen LogP contribution in [0.25, 0.3) is 10.9 Å². The second kappa shape index (κ2) is 9.67. The van der Waals surface area contributed by atoms with Gasteiger partial charge in [0.15, 0.2) is 0 Å². The highest BCUT2D eigenvalue weighted by molar-refractivity contribution is 5.78. The van der Waals surface area contributed by atoms with Crippen LogP contribution in [0.1, 0.15) is 11.1 Å². The lowest BCUT2D eigenvalue weighted by Gasteiger charge is -2.09. The van der Waals surface area contributed by atoms with E-state index in [2.05, 4.69) is 15.6 Å². The van der Waals surface area contributed by atoms with Gasteiger partial charge in [0.25, 0.3) is 5.56 Å². The number of fused-ring (bicyclic) bond motifs is 1. The molecule has 0 aliphatic rings. The molecule has 0 aliphatic heterocycles. The minimum Gasteiger partial charge on any atom is -0.489 e. The third-order valence-electron chi connectivity index (χ3n) is 4.83. The largest absolute Gasteiger partial charge is 0.489 e. The molecule has 0 aliphatic carbocycles. The number of rotatable bonds is 8. The van der Waals surface area contributed by atoms with E-state index in [1.807, 2.05) is 54.6 Å². The molecule has 4 aromatic rings. The minimum absolute atomic E-state index is 0.164. The lowest BCUT2D eigenvalue weighted by Crippen LogP contribution is -2.35. The van der Waals surface area contributed by atoms with Gasteiger partial charge >= 0.3 is 0 Å². The number of aromatic nitrogens is 3. The summed E-state index contributed by atoms with van der Waals surface area (Å²) in [5, 5.41) is 11.1. The first kappa shape index (κ1) is 20.3. The Morgan fingerprint density at radius 2 is 1.65 bits per heavy atom. The van der Waals surface area contributed by atoms with Crippen LogP contribution in [0.15, 0.2) is 83.7 Å². The fourth-order valence-corrected chi connectivity index (χ4v) is 3.16. The summed E-state index contributed by atoms with van der Waals surface area (Å²) in [6, 6.07) is 24.7. The minimum atomic E-state index is -0.327. The van der Waals surface area contributed by atoms with Crippen LogP contribution in [0.4, 0.5) is 0 Å². The SMILES string of the molecule is O=C(Cn1nnc2ccccc2c1=O)NCCc1ccc(OCc2ccccc2)cc1. The van der Waals surface area contributed by atoms with Crippen molar-refractivity contribution in [2.24, 2.45) is 0 Å². The van der Waals surface area contributed by atoms with Gasteiger partial charge in [0.1, 0.15) is 24.4 Å². The number of carbonyl (C=O) groups excluding carboxylic acids is 1. The fraction of sp³-hybridized carbons (Fsp3) is 0.167. The molecule has 0 radical (unpaired) electrons. The van der Waals surface area contributed by atoms with E-state index < -0.39 is 0 Å². The monoisotopic (exact) mass is 414 g/mol. The molecule has 31 heavy (non-hydrogen) atoms. The van der Waals surface area contributed by atoms with Gasteiger partial charge in [-0.25, -0.2) is 4.68 Å². The van der Waals surface area contributed by atoms with Crippen LogP contribution in [0.5, 0.6) is 5.75 Å². The van der Waals surface area contributed by atoms with Crippen LogP contribution in [0.3, 0.4) is 0 Å². The molecule has 7 heteroatoms. The normalized spacial score (nSPS) is 10.7. The zero-order valence-corrected chi connectivity index (χ0v) is 16.9. The highest BCUT2D eigenvalue weighted by atomic mass is 16.5. The summed E-state index contributed by atoms with van der Waals surface area (Å²) in [7, 11) is 0. The van der Waals surface area contributed by atoms with Gasteiger partial charge in [-0.05, 0) is 41.8 Å². The highest BCUT2D eigenvalue weighted by Crippen LogP contribution is 2.14. The van der Waals surface area contributed by atoms with Crippen LogP contribution >= 0.6 is 0 Å². The number of hydrogen-bond acceptors (Lipinski definition) is 5. The molecule has 1 aromatic heterocycles. The smallest absolute Gasteiger partial charge is 0.278 e. The fourth-order valence-electron chi connectivity index (χ4n) is 3.16. The second-order valence-corrected chi connectivity index (χ2v) is 7.09. The van der Waals surface area contributed by atoms with Crippen molar-refractivity contribution in [1.82, 2.24) is 20.3 Å². The highest BCUT2D eigenvalue weighted by Gasteiger charge is 2.09. The summed E-state index contributed by atoms with van der Waals surface area (Å²) in [4.78, 5) is 24.6. The molecule has 1 amide bonds. The quantitative estimate of drug-likeness (QED) is 0.479. The number of carbonyl (C=O) groups is 1. The first-order chi connectivity index (χ1) is 15.2. The summed E-state index contributed by atoms with van der Waals surface area (Å²) in [5.41, 5.74) is 2.38. The molecule has 0 saturated heterocycles. The summed E-state index contributed by atoms with van der Waals surface area (Å²) in [6.45, 7) is 0.815. The third kappa shape index (κ3) is 5.33. The lowest BCUT2D eigenvalue weighted by molar-refractivity contribution is -0.121. The van der Waals surface area contributed by atoms with Crippen LogP contribution < -0.4 is 15.6 Å². The number of amides is 1. The third-order valence-corrected chi connectivity index (χ3v) is 4.83. The van der Waals surface area contributed by atoms with Gasteiger partial charge in [-0.15, -0.1) is 5.10 Å². The van der Waals surface area contributed by atoms with E-state index >= 15 is 0 Å². The van der Waals surface area contributed by atoms with E-state index in [-0.39, 0.29) is 18.0 Å². The van der Waals surface area contributed by atoms with E-state index in [1.165, 1.54) is 0 Å². The van der Waals surface area contributed by atoms with E-state index in [0.29, 0.717) is 30.5 Å². The topological polar surface area (TPSA) is 86.1 Å². The Hall–Kier alpha value is -4.00. The Balaban J connectivity index is 1.25. The summed E-state index contributed by atoms with van der Waals surface area (Å²) in [5.74, 6) is 0.514. The van der Waals surface area contributed by atoms with Crippen LogP contribution in [0, 0.1) is 0 Å². The van der Waals surface area contributed by atoms with Crippen molar-refractivity contribution in [1.29, 1.82) is 0 Å². The van der Waals surface area contributed by atoms with Gasteiger partial charge in [-0.2, -0.15) is 0 Å². The molecule has 0 unspecified atom stereocenters. The maximum atomic E-state index is 12.4. The van der Waals surface area contributed by atoms with E-state index in [1.54, 1.807) is 24.3 Å². The number of hydrogen-bond donors (Lipinski definition) is 1. The lowest BCUT2D eigenvalue weighted by atomic mass is 10.1. The molecule has 7 nitrogen and oxygen atoms in total. The predicted octanol–water partition coefficient (Wildman–Crippen LogP) is 2.73. The second-order valence-electron chi connectivity index (χ2n) is 7.09. The van der Waals surface area contributed by atoms with E-state index in [9.17, 15) is 9.59 Å². The van der Waals surface area contributed by atoms with Crippen molar-refractivity contribution in [2.45, 2.75) is 19.6 Å². The zero-order valence-electron chi connectivity index (χ0n) is 16.9. The Labute approximate surface area is 179 Å². The molecular formula is C24H22N4O3. The van der Waals surface area contributed by atoms with Gasteiger partial charge in [0.2, 0.25) is 5.91 Å². The van der Waals surface area contributed by atoms with Crippen molar-refractivity contribution in [2.75, 3.05) is 6.54 Å². The van der Waals surface area contributed by atoms with Crippen LogP contribution in [-0.2, 0) is 24.4 Å². The van der Waals surface area contributed by atoms with Gasteiger partial charge in [-0.1, -0.05) is 59.8 Å². The Bertz CT molecular complexity index is 1220. The predicted molar refractivity (Wildman–Crippen MR) is 118 cm³/mol. The maximum absolute atomic E-state index is 12.4. The van der Waals surface area contributed by atoms with Gasteiger partial charge < -0.3 is 10.1 Å². The number of nitrogens with zero attached hydrogens (tertiary/aromatic N) is 3. The Kier molecular flexibility index (Phi) is 6.32. The van der Waals surface area contributed by atoms with Crippen molar-refractivity contribution in [3.63, 3.8) is 0 Å². The molecular weight excluding hydrogens is 392 g/mol. The first-order valence-electron chi connectivity index (χ1n) is 10.0. The molecule has 0 atom stereocenters. The summed E-state index contributed by atoms with van der Waals surface area (Å²) >= 11 is 0. The van der Waals surface area contributed by atoms with Crippen molar-refractivity contribution >= 4 is 16.8 Å². The molecule has 1 N–H and O–H groups in total. The molecule has 0 saturated carbocycles. The van der Waals surface area contributed by atoms with Gasteiger partial charge in [0.05, 0.1) is 5.39 Å². The molecule has 0 fully saturated rings. The molecule has 0 bridgehead atoms. The van der Waals surface area contributed by atoms with Crippen molar-refractivity contribution < 1.29 is 9.53 Å². The number of benzene rings is 3. The van der Waals surface area contributed by atoms with E-state index in [4.69, 9.17) is 4.74 Å². The first-order valence-corrected chi connectivity index (χ1v) is 10.0. The van der Waals surface area contributed by atoms with Gasteiger partial charge in [-0.3, -0.25) is 9.59 Å². The van der Waals surface area contributed by atoms with Crippen LogP contribution in [-0.4, -0.2) is 27.4 Å². The Morgan fingerprint density at radius 1 is 0.903 bits per heavy atom. The molecule has 1 heterocycles. The number of nitrogens with one attached hydrogen (secondary N) is 1.